The van der Waals surface area contributed by atoms with Gasteiger partial charge in [-0.15, -0.1) is 0 Å². The molecule has 1 fully saturated rings. The van der Waals surface area contributed by atoms with Gasteiger partial charge in [0.05, 0.1) is 18.6 Å². The number of esters is 1. The van der Waals surface area contributed by atoms with Gasteiger partial charge in [0.15, 0.2) is 4.90 Å². The summed E-state index contributed by atoms with van der Waals surface area (Å²) >= 11 is 0. The Morgan fingerprint density at radius 3 is 2.42 bits per heavy atom. The Labute approximate surface area is 219 Å². The third-order valence-corrected chi connectivity index (χ3v) is 8.50. The van der Waals surface area contributed by atoms with Gasteiger partial charge in [-0.3, -0.25) is 14.9 Å². The number of fused-ring (bicyclic) bond motifs is 1. The van der Waals surface area contributed by atoms with E-state index in [1.807, 2.05) is 42.5 Å². The Balaban J connectivity index is 1.67. The lowest BCUT2D eigenvalue weighted by Crippen LogP contribution is -2.63. The van der Waals surface area contributed by atoms with Crippen LogP contribution in [-0.4, -0.2) is 80.4 Å². The largest absolute Gasteiger partial charge is 0.467 e. The summed E-state index contributed by atoms with van der Waals surface area (Å²) in [4.78, 5) is 38.0. The third kappa shape index (κ3) is 5.23. The molecule has 1 saturated heterocycles. The van der Waals surface area contributed by atoms with Crippen molar-refractivity contribution >= 4 is 38.4 Å². The second-order valence-electron chi connectivity index (χ2n) is 8.77. The Morgan fingerprint density at radius 2 is 1.74 bits per heavy atom. The van der Waals surface area contributed by atoms with Gasteiger partial charge >= 0.3 is 5.97 Å². The molecule has 0 radical (unpaired) electrons. The maximum atomic E-state index is 13.7. The number of ether oxygens (including phenoxy) is 2. The molecule has 2 unspecified atom stereocenters. The molecule has 200 valence electrons. The highest BCUT2D eigenvalue weighted by Crippen LogP contribution is 2.30. The monoisotopic (exact) mass is 541 g/mol. The molecule has 4 rings (SSSR count). The number of benzene rings is 3. The molecule has 12 heteroatoms. The number of nitro benzene ring substituents is 1. The molecule has 1 aliphatic heterocycles. The van der Waals surface area contributed by atoms with Crippen LogP contribution in [-0.2, 0) is 35.5 Å². The van der Waals surface area contributed by atoms with Crippen LogP contribution in [0.5, 0.6) is 0 Å². The molecule has 0 N–H and O–H groups in total. The van der Waals surface area contributed by atoms with E-state index in [1.54, 1.807) is 0 Å². The zero-order valence-electron chi connectivity index (χ0n) is 20.8. The first-order chi connectivity index (χ1) is 18.2. The summed E-state index contributed by atoms with van der Waals surface area (Å²) in [5, 5.41) is 13.5. The molecule has 1 heterocycles. The van der Waals surface area contributed by atoms with E-state index in [0.29, 0.717) is 0 Å². The van der Waals surface area contributed by atoms with Crippen LogP contribution in [0.3, 0.4) is 0 Å². The number of methoxy groups -OCH3 is 2. The van der Waals surface area contributed by atoms with Crippen molar-refractivity contribution < 1.29 is 32.4 Å². The molecule has 0 bridgehead atoms. The molecule has 2 atom stereocenters. The van der Waals surface area contributed by atoms with Gasteiger partial charge < -0.3 is 14.4 Å². The van der Waals surface area contributed by atoms with Crippen molar-refractivity contribution in [2.24, 2.45) is 0 Å². The summed E-state index contributed by atoms with van der Waals surface area (Å²) in [6, 6.07) is 16.1. The molecule has 3 aromatic carbocycles. The number of hydrogen-bond donors (Lipinski definition) is 0. The fourth-order valence-corrected chi connectivity index (χ4v) is 6.41. The predicted octanol–water partition coefficient (Wildman–Crippen LogP) is 2.38. The summed E-state index contributed by atoms with van der Waals surface area (Å²) < 4.78 is 38.1. The molecule has 0 saturated carbocycles. The highest BCUT2D eigenvalue weighted by atomic mass is 32.2. The number of hydrogen-bond acceptors (Lipinski definition) is 8. The highest BCUT2D eigenvalue weighted by molar-refractivity contribution is 7.89. The van der Waals surface area contributed by atoms with E-state index in [-0.39, 0.29) is 26.1 Å². The van der Waals surface area contributed by atoms with Crippen molar-refractivity contribution in [3.63, 3.8) is 0 Å². The average Bonchev–Trinajstić information content (AvgIpc) is 2.92. The number of carbonyl (C=O) groups excluding carboxylic acids is 2. The minimum atomic E-state index is -4.45. The summed E-state index contributed by atoms with van der Waals surface area (Å²) in [6.07, 6.45) is 0.153. The van der Waals surface area contributed by atoms with Gasteiger partial charge in [-0.25, -0.2) is 13.2 Å². The molecule has 0 aliphatic carbocycles. The van der Waals surface area contributed by atoms with Crippen molar-refractivity contribution in [2.45, 2.75) is 23.4 Å². The van der Waals surface area contributed by atoms with Crippen LogP contribution in [0, 0.1) is 10.1 Å². The second-order valence-corrected chi connectivity index (χ2v) is 10.6. The van der Waals surface area contributed by atoms with Crippen LogP contribution < -0.4 is 0 Å². The van der Waals surface area contributed by atoms with Crippen molar-refractivity contribution in [3.05, 3.63) is 82.4 Å². The zero-order valence-corrected chi connectivity index (χ0v) is 21.7. The Hall–Kier alpha value is -3.87. The number of piperazine rings is 1. The lowest BCUT2D eigenvalue weighted by molar-refractivity contribution is -0.387. The van der Waals surface area contributed by atoms with Gasteiger partial charge in [0.25, 0.3) is 15.7 Å². The number of sulfonamides is 1. The molecule has 3 aromatic rings. The molecular weight excluding hydrogens is 514 g/mol. The molecule has 38 heavy (non-hydrogen) atoms. The smallest absolute Gasteiger partial charge is 0.328 e. The third-order valence-electron chi connectivity index (χ3n) is 6.54. The van der Waals surface area contributed by atoms with Crippen molar-refractivity contribution in [3.8, 4) is 0 Å². The van der Waals surface area contributed by atoms with E-state index < -0.39 is 49.5 Å². The van der Waals surface area contributed by atoms with E-state index in [4.69, 9.17) is 9.47 Å². The Bertz CT molecular complexity index is 1480. The number of rotatable bonds is 9. The topological polar surface area (TPSA) is 136 Å². The first-order valence-electron chi connectivity index (χ1n) is 11.8. The molecular formula is C26H27N3O8S. The number of nitro groups is 1. The Morgan fingerprint density at radius 1 is 1.05 bits per heavy atom. The fraction of sp³-hybridized carbons (Fsp3) is 0.308. The lowest BCUT2D eigenvalue weighted by Gasteiger charge is -2.41. The second kappa shape index (κ2) is 11.3. The summed E-state index contributed by atoms with van der Waals surface area (Å²) in [5.74, 6) is -1.30. The minimum absolute atomic E-state index is 0.119. The highest BCUT2D eigenvalue weighted by Gasteiger charge is 2.46. The summed E-state index contributed by atoms with van der Waals surface area (Å²) in [6.45, 7) is -0.620. The molecule has 1 amide bonds. The Kier molecular flexibility index (Phi) is 8.05. The van der Waals surface area contributed by atoms with Crippen LogP contribution in [0.2, 0.25) is 0 Å². The average molecular weight is 542 g/mol. The van der Waals surface area contributed by atoms with Crippen LogP contribution in [0.25, 0.3) is 10.8 Å². The lowest BCUT2D eigenvalue weighted by atomic mass is 9.99. The van der Waals surface area contributed by atoms with Crippen LogP contribution in [0.1, 0.15) is 5.56 Å². The predicted molar refractivity (Wildman–Crippen MR) is 138 cm³/mol. The maximum absolute atomic E-state index is 13.7. The number of amides is 1. The van der Waals surface area contributed by atoms with Crippen molar-refractivity contribution in [1.82, 2.24) is 9.21 Å². The van der Waals surface area contributed by atoms with E-state index in [2.05, 4.69) is 0 Å². The molecule has 11 nitrogen and oxygen atoms in total. The van der Waals surface area contributed by atoms with Crippen LogP contribution >= 0.6 is 0 Å². The van der Waals surface area contributed by atoms with Crippen molar-refractivity contribution in [2.75, 3.05) is 33.9 Å². The van der Waals surface area contributed by atoms with Gasteiger partial charge in [-0.2, -0.15) is 4.31 Å². The first kappa shape index (κ1) is 27.2. The standard InChI is InChI=1S/C26H27N3O8S/c1-36-17-23-25(30)27(13-14-28(23)38(34,35)24-10-6-5-9-21(24)29(32)33)22(26(31)37-2)16-18-11-12-19-7-3-4-8-20(19)15-18/h3-12,15,22-23H,13-14,16-17H2,1-2H3. The van der Waals surface area contributed by atoms with E-state index in [1.165, 1.54) is 31.3 Å². The van der Waals surface area contributed by atoms with Gasteiger partial charge in [-0.05, 0) is 22.4 Å². The van der Waals surface area contributed by atoms with Crippen LogP contribution in [0.15, 0.2) is 71.6 Å². The minimum Gasteiger partial charge on any atom is -0.467 e. The summed E-state index contributed by atoms with van der Waals surface area (Å²) in [5.41, 5.74) is 0.201. The van der Waals surface area contributed by atoms with E-state index in [9.17, 15) is 28.1 Å². The number of para-hydroxylation sites is 1. The van der Waals surface area contributed by atoms with Gasteiger partial charge in [0.1, 0.15) is 12.1 Å². The zero-order chi connectivity index (χ0) is 27.4. The van der Waals surface area contributed by atoms with Crippen LogP contribution in [0.4, 0.5) is 5.69 Å². The van der Waals surface area contributed by atoms with Crippen molar-refractivity contribution in [1.29, 1.82) is 0 Å². The summed E-state index contributed by atoms with van der Waals surface area (Å²) in [7, 11) is -1.91. The van der Waals surface area contributed by atoms with E-state index >= 15 is 0 Å². The SMILES string of the molecule is COCC1C(=O)N(C(Cc2ccc3ccccc3c2)C(=O)OC)CCN1S(=O)(=O)c1ccccc1[N+](=O)[O-]. The number of carbonyl (C=O) groups is 2. The molecule has 0 aromatic heterocycles. The van der Waals surface area contributed by atoms with Gasteiger partial charge in [0, 0.05) is 32.7 Å². The molecule has 0 spiro atoms. The maximum Gasteiger partial charge on any atom is 0.328 e. The van der Waals surface area contributed by atoms with Gasteiger partial charge in [-0.1, -0.05) is 54.6 Å². The molecule has 1 aliphatic rings. The van der Waals surface area contributed by atoms with E-state index in [0.717, 1.165) is 32.8 Å². The first-order valence-corrected chi connectivity index (χ1v) is 13.2. The quantitative estimate of drug-likeness (QED) is 0.229. The van der Waals surface area contributed by atoms with Gasteiger partial charge in [0.2, 0.25) is 5.91 Å². The normalized spacial score (nSPS) is 17.4. The fourth-order valence-electron chi connectivity index (χ4n) is 4.69. The number of nitrogens with zero attached hydrogens (tertiary/aromatic N) is 3.